The number of rotatable bonds is 6. The molecule has 0 atom stereocenters. The molecular formula is C15H16N2O4S. The largest absolute Gasteiger partial charge is 0.481 e. The number of thiophene rings is 1. The molecule has 0 aliphatic heterocycles. The monoisotopic (exact) mass is 320 g/mol. The van der Waals surface area contributed by atoms with E-state index >= 15 is 0 Å². The van der Waals surface area contributed by atoms with Crippen LogP contribution in [0.5, 0.6) is 0 Å². The van der Waals surface area contributed by atoms with E-state index in [0.29, 0.717) is 24.4 Å². The molecule has 1 aliphatic carbocycles. The fourth-order valence-electron chi connectivity index (χ4n) is 2.65. The fraction of sp³-hybridized carbons (Fsp3) is 0.400. The van der Waals surface area contributed by atoms with Gasteiger partial charge in [0.05, 0.1) is 29.0 Å². The number of carboxylic acid groups (broad SMARTS) is 1. The molecule has 1 aliphatic rings. The molecule has 2 N–H and O–H groups in total. The smallest absolute Gasteiger partial charge is 0.305 e. The highest BCUT2D eigenvalue weighted by Gasteiger charge is 2.40. The quantitative estimate of drug-likeness (QED) is 0.853. The average molecular weight is 320 g/mol. The molecule has 1 amide bonds. The lowest BCUT2D eigenvalue weighted by Crippen LogP contribution is -2.55. The summed E-state index contributed by atoms with van der Waals surface area (Å²) in [5.74, 6) is -0.602. The molecule has 0 spiro atoms. The number of aliphatic carboxylic acids is 1. The Balaban J connectivity index is 1.61. The zero-order valence-electron chi connectivity index (χ0n) is 11.9. The Kier molecular flexibility index (Phi) is 3.98. The Bertz CT molecular complexity index is 674. The van der Waals surface area contributed by atoms with Crippen molar-refractivity contribution >= 4 is 23.2 Å². The fourth-order valence-corrected chi connectivity index (χ4v) is 3.30. The van der Waals surface area contributed by atoms with Crippen molar-refractivity contribution in [1.82, 2.24) is 10.3 Å². The van der Waals surface area contributed by atoms with E-state index in [-0.39, 0.29) is 18.7 Å². The van der Waals surface area contributed by atoms with Crippen LogP contribution < -0.4 is 5.32 Å². The number of carbonyl (C=O) groups is 2. The van der Waals surface area contributed by atoms with Crippen LogP contribution in [0.4, 0.5) is 0 Å². The molecule has 0 aromatic carbocycles. The number of amides is 1. The first-order valence-electron chi connectivity index (χ1n) is 7.07. The van der Waals surface area contributed by atoms with Gasteiger partial charge in [-0.15, -0.1) is 11.3 Å². The van der Waals surface area contributed by atoms with Crippen molar-refractivity contribution in [3.05, 3.63) is 29.5 Å². The third-order valence-corrected chi connectivity index (χ3v) is 4.69. The number of oxazole rings is 1. The van der Waals surface area contributed by atoms with E-state index in [1.807, 2.05) is 17.5 Å². The molecule has 2 aromatic heterocycles. The Morgan fingerprint density at radius 3 is 2.86 bits per heavy atom. The van der Waals surface area contributed by atoms with Gasteiger partial charge in [0.15, 0.2) is 0 Å². The minimum absolute atomic E-state index is 0.0298. The number of carbonyl (C=O) groups excluding carboxylic acids is 1. The second-order valence-electron chi connectivity index (χ2n) is 5.55. The van der Waals surface area contributed by atoms with Crippen molar-refractivity contribution in [3.8, 4) is 10.8 Å². The van der Waals surface area contributed by atoms with Crippen LogP contribution in [0.25, 0.3) is 10.8 Å². The molecular weight excluding hydrogens is 304 g/mol. The second-order valence-corrected chi connectivity index (χ2v) is 6.50. The third kappa shape index (κ3) is 3.19. The molecule has 6 nitrogen and oxygen atoms in total. The van der Waals surface area contributed by atoms with Gasteiger partial charge in [0.1, 0.15) is 6.26 Å². The van der Waals surface area contributed by atoms with Gasteiger partial charge in [-0.25, -0.2) is 4.98 Å². The highest BCUT2D eigenvalue weighted by atomic mass is 32.1. The zero-order valence-corrected chi connectivity index (χ0v) is 12.7. The maximum Gasteiger partial charge on any atom is 0.305 e. The SMILES string of the molecule is O=C(O)CC1(NC(=O)Cc2coc(-c3cccs3)n2)CCC1. The van der Waals surface area contributed by atoms with Gasteiger partial charge in [-0.2, -0.15) is 0 Å². The van der Waals surface area contributed by atoms with E-state index in [1.165, 1.54) is 17.6 Å². The summed E-state index contributed by atoms with van der Waals surface area (Å²) in [6.45, 7) is 0. The van der Waals surface area contributed by atoms with Crippen LogP contribution in [-0.4, -0.2) is 27.5 Å². The molecule has 0 unspecified atom stereocenters. The molecule has 1 fully saturated rings. The lowest BCUT2D eigenvalue weighted by molar-refractivity contribution is -0.140. The number of hydrogen-bond acceptors (Lipinski definition) is 5. The lowest BCUT2D eigenvalue weighted by atomic mass is 9.74. The van der Waals surface area contributed by atoms with Gasteiger partial charge in [-0.05, 0) is 30.7 Å². The number of nitrogens with zero attached hydrogens (tertiary/aromatic N) is 1. The van der Waals surface area contributed by atoms with Crippen molar-refractivity contribution in [2.75, 3.05) is 0 Å². The van der Waals surface area contributed by atoms with Crippen molar-refractivity contribution in [2.45, 2.75) is 37.6 Å². The summed E-state index contributed by atoms with van der Waals surface area (Å²) in [6.07, 6.45) is 3.90. The van der Waals surface area contributed by atoms with Crippen LogP contribution in [0.2, 0.25) is 0 Å². The van der Waals surface area contributed by atoms with E-state index in [4.69, 9.17) is 9.52 Å². The van der Waals surface area contributed by atoms with Crippen molar-refractivity contribution in [3.63, 3.8) is 0 Å². The predicted octanol–water partition coefficient (Wildman–Crippen LogP) is 2.46. The first kappa shape index (κ1) is 14.8. The molecule has 2 aromatic rings. The number of hydrogen-bond donors (Lipinski definition) is 2. The van der Waals surface area contributed by atoms with Gasteiger partial charge in [-0.1, -0.05) is 6.07 Å². The summed E-state index contributed by atoms with van der Waals surface area (Å²) in [6, 6.07) is 3.80. The summed E-state index contributed by atoms with van der Waals surface area (Å²) in [5, 5.41) is 13.7. The molecule has 3 rings (SSSR count). The van der Waals surface area contributed by atoms with Crippen molar-refractivity contribution in [2.24, 2.45) is 0 Å². The second kappa shape index (κ2) is 5.92. The molecule has 2 heterocycles. The Morgan fingerprint density at radius 2 is 2.27 bits per heavy atom. The summed E-state index contributed by atoms with van der Waals surface area (Å²) in [7, 11) is 0. The van der Waals surface area contributed by atoms with Crippen LogP contribution in [-0.2, 0) is 16.0 Å². The van der Waals surface area contributed by atoms with Crippen LogP contribution in [0.1, 0.15) is 31.4 Å². The normalized spacial score (nSPS) is 16.0. The topological polar surface area (TPSA) is 92.4 Å². The minimum Gasteiger partial charge on any atom is -0.481 e. The van der Waals surface area contributed by atoms with Crippen LogP contribution >= 0.6 is 11.3 Å². The molecule has 7 heteroatoms. The highest BCUT2D eigenvalue weighted by Crippen LogP contribution is 2.35. The van der Waals surface area contributed by atoms with Gasteiger partial charge < -0.3 is 14.8 Å². The minimum atomic E-state index is -0.888. The summed E-state index contributed by atoms with van der Waals surface area (Å²) in [4.78, 5) is 28.2. The Labute approximate surface area is 131 Å². The molecule has 22 heavy (non-hydrogen) atoms. The third-order valence-electron chi connectivity index (χ3n) is 3.83. The number of carboxylic acids is 1. The Hall–Kier alpha value is -2.15. The number of nitrogens with one attached hydrogen (secondary N) is 1. The summed E-state index contributed by atoms with van der Waals surface area (Å²) < 4.78 is 5.37. The first-order chi connectivity index (χ1) is 10.6. The lowest BCUT2D eigenvalue weighted by Gasteiger charge is -2.41. The average Bonchev–Trinajstić information content (AvgIpc) is 3.05. The molecule has 0 radical (unpaired) electrons. The van der Waals surface area contributed by atoms with E-state index in [0.717, 1.165) is 11.3 Å². The predicted molar refractivity (Wildman–Crippen MR) is 80.5 cm³/mol. The number of aromatic nitrogens is 1. The first-order valence-corrected chi connectivity index (χ1v) is 7.95. The van der Waals surface area contributed by atoms with Crippen LogP contribution in [0.15, 0.2) is 28.2 Å². The maximum atomic E-state index is 12.1. The van der Waals surface area contributed by atoms with Gasteiger partial charge in [-0.3, -0.25) is 9.59 Å². The van der Waals surface area contributed by atoms with Crippen molar-refractivity contribution < 1.29 is 19.1 Å². The van der Waals surface area contributed by atoms with Gasteiger partial charge in [0.2, 0.25) is 11.8 Å². The Morgan fingerprint density at radius 1 is 1.45 bits per heavy atom. The zero-order chi connectivity index (χ0) is 15.6. The molecule has 116 valence electrons. The molecule has 0 saturated heterocycles. The van der Waals surface area contributed by atoms with E-state index in [1.54, 1.807) is 0 Å². The van der Waals surface area contributed by atoms with E-state index in [9.17, 15) is 9.59 Å². The summed E-state index contributed by atoms with van der Waals surface area (Å²) in [5.41, 5.74) is -0.0332. The van der Waals surface area contributed by atoms with Crippen LogP contribution in [0.3, 0.4) is 0 Å². The van der Waals surface area contributed by atoms with Crippen molar-refractivity contribution in [1.29, 1.82) is 0 Å². The molecule has 0 bridgehead atoms. The van der Waals surface area contributed by atoms with Gasteiger partial charge in [0.25, 0.3) is 0 Å². The van der Waals surface area contributed by atoms with Gasteiger partial charge >= 0.3 is 5.97 Å². The standard InChI is InChI=1S/C15H16N2O4S/c18-12(17-15(4-2-5-15)8-13(19)20)7-10-9-21-14(16-10)11-3-1-6-22-11/h1,3,6,9H,2,4-5,7-8H2,(H,17,18)(H,19,20). The van der Waals surface area contributed by atoms with Gasteiger partial charge in [0, 0.05) is 0 Å². The van der Waals surface area contributed by atoms with E-state index < -0.39 is 11.5 Å². The molecule has 1 saturated carbocycles. The summed E-state index contributed by atoms with van der Waals surface area (Å²) >= 11 is 1.52. The van der Waals surface area contributed by atoms with E-state index in [2.05, 4.69) is 10.3 Å². The maximum absolute atomic E-state index is 12.1. The van der Waals surface area contributed by atoms with Crippen LogP contribution in [0, 0.1) is 0 Å². The highest BCUT2D eigenvalue weighted by molar-refractivity contribution is 7.13.